The maximum Gasteiger partial charge on any atom is 0.224 e. The summed E-state index contributed by atoms with van der Waals surface area (Å²) in [5.41, 5.74) is 2.07. The zero-order valence-electron chi connectivity index (χ0n) is 15.0. The quantitative estimate of drug-likeness (QED) is 0.733. The number of imidazole rings is 1. The summed E-state index contributed by atoms with van der Waals surface area (Å²) in [4.78, 5) is 22.8. The molecule has 0 bridgehead atoms. The van der Waals surface area contributed by atoms with Gasteiger partial charge in [-0.3, -0.25) is 4.79 Å². The Morgan fingerprint density at radius 3 is 2.72 bits per heavy atom. The van der Waals surface area contributed by atoms with E-state index in [1.807, 2.05) is 35.0 Å². The van der Waals surface area contributed by atoms with Crippen molar-refractivity contribution in [1.29, 1.82) is 0 Å². The Hall–Kier alpha value is -1.27. The van der Waals surface area contributed by atoms with Gasteiger partial charge in [0.15, 0.2) is 0 Å². The van der Waals surface area contributed by atoms with Gasteiger partial charge >= 0.3 is 0 Å². The van der Waals surface area contributed by atoms with Crippen molar-refractivity contribution in [2.24, 2.45) is 5.92 Å². The lowest BCUT2D eigenvalue weighted by molar-refractivity contribution is -0.133. The molecule has 3 rings (SSSR count). The number of amides is 1. The highest BCUT2D eigenvalue weighted by atomic mass is 79.9. The van der Waals surface area contributed by atoms with Crippen LogP contribution in [0.4, 0.5) is 0 Å². The largest absolute Gasteiger partial charge is 0.340 e. The second kappa shape index (κ2) is 7.16. The van der Waals surface area contributed by atoms with Crippen molar-refractivity contribution in [2.75, 3.05) is 5.88 Å². The van der Waals surface area contributed by atoms with Gasteiger partial charge in [-0.2, -0.15) is 0 Å². The Balaban J connectivity index is 1.89. The van der Waals surface area contributed by atoms with Crippen molar-refractivity contribution in [3.05, 3.63) is 40.8 Å². The van der Waals surface area contributed by atoms with Gasteiger partial charge in [0, 0.05) is 15.6 Å². The summed E-state index contributed by atoms with van der Waals surface area (Å²) in [6, 6.07) is 8.11. The first-order chi connectivity index (χ1) is 11.8. The first-order valence-corrected chi connectivity index (χ1v) is 10.3. The number of hydrogen-bond acceptors (Lipinski definition) is 3. The Bertz CT molecular complexity index is 754. The molecular formula is C19H24BrN3OS. The third-order valence-corrected chi connectivity index (χ3v) is 6.36. The Morgan fingerprint density at radius 1 is 1.40 bits per heavy atom. The number of nitrogens with zero attached hydrogens (tertiary/aromatic N) is 2. The second-order valence-corrected chi connectivity index (χ2v) is 9.94. The summed E-state index contributed by atoms with van der Waals surface area (Å²) >= 11 is 5.27. The van der Waals surface area contributed by atoms with E-state index in [0.717, 1.165) is 27.4 Å². The zero-order valence-corrected chi connectivity index (χ0v) is 17.4. The van der Waals surface area contributed by atoms with Gasteiger partial charge in [-0.1, -0.05) is 41.9 Å². The van der Waals surface area contributed by atoms with E-state index >= 15 is 0 Å². The van der Waals surface area contributed by atoms with Crippen molar-refractivity contribution in [3.63, 3.8) is 0 Å². The molecule has 0 spiro atoms. The van der Waals surface area contributed by atoms with Crippen LogP contribution in [0.5, 0.6) is 0 Å². The molecule has 2 heterocycles. The molecule has 1 unspecified atom stereocenters. The standard InChI is InChI=1S/C19H24BrN3OS/c1-12(2)9-16(24)23-11-25-19(3,4)17(23)18-21-10-15(22-18)13-5-7-14(20)8-6-13/h5-8,10,12,17H,9,11H2,1-4H3,(H,21,22). The van der Waals surface area contributed by atoms with Crippen LogP contribution in [0.15, 0.2) is 34.9 Å². The fourth-order valence-electron chi connectivity index (χ4n) is 3.18. The van der Waals surface area contributed by atoms with Crippen LogP contribution in [0.3, 0.4) is 0 Å². The number of aromatic amines is 1. The summed E-state index contributed by atoms with van der Waals surface area (Å²) in [6.07, 6.45) is 2.44. The summed E-state index contributed by atoms with van der Waals surface area (Å²) in [5, 5.41) is 0. The smallest absolute Gasteiger partial charge is 0.224 e. The van der Waals surface area contributed by atoms with Crippen molar-refractivity contribution in [1.82, 2.24) is 14.9 Å². The second-order valence-electron chi connectivity index (χ2n) is 7.43. The van der Waals surface area contributed by atoms with Crippen molar-refractivity contribution < 1.29 is 4.79 Å². The number of aromatic nitrogens is 2. The lowest BCUT2D eigenvalue weighted by Crippen LogP contribution is -2.37. The van der Waals surface area contributed by atoms with Crippen LogP contribution in [0.2, 0.25) is 0 Å². The van der Waals surface area contributed by atoms with Crippen LogP contribution in [-0.2, 0) is 4.79 Å². The number of H-pyrrole nitrogens is 1. The Kier molecular flexibility index (Phi) is 5.30. The molecule has 1 aromatic carbocycles. The number of benzene rings is 1. The molecule has 6 heteroatoms. The molecule has 2 aromatic rings. The number of rotatable bonds is 4. The predicted molar refractivity (Wildman–Crippen MR) is 107 cm³/mol. The maximum absolute atomic E-state index is 12.7. The molecule has 1 aromatic heterocycles. The van der Waals surface area contributed by atoms with Gasteiger partial charge in [-0.25, -0.2) is 4.98 Å². The van der Waals surface area contributed by atoms with E-state index in [2.05, 4.69) is 65.7 Å². The number of nitrogens with one attached hydrogen (secondary N) is 1. The average Bonchev–Trinajstić information content (AvgIpc) is 3.11. The molecule has 1 atom stereocenters. The third kappa shape index (κ3) is 3.95. The van der Waals surface area contributed by atoms with E-state index in [0.29, 0.717) is 12.3 Å². The molecule has 1 saturated heterocycles. The molecule has 134 valence electrons. The fourth-order valence-corrected chi connectivity index (χ4v) is 4.60. The van der Waals surface area contributed by atoms with Crippen LogP contribution in [0.1, 0.15) is 46.0 Å². The monoisotopic (exact) mass is 421 g/mol. The Morgan fingerprint density at radius 2 is 2.08 bits per heavy atom. The van der Waals surface area contributed by atoms with E-state index in [4.69, 9.17) is 0 Å². The number of carbonyl (C=O) groups is 1. The fraction of sp³-hybridized carbons (Fsp3) is 0.474. The SMILES string of the molecule is CC(C)CC(=O)N1CSC(C)(C)C1c1ncc(-c2ccc(Br)cc2)[nH]1. The minimum Gasteiger partial charge on any atom is -0.340 e. The van der Waals surface area contributed by atoms with Crippen LogP contribution in [-0.4, -0.2) is 31.4 Å². The summed E-state index contributed by atoms with van der Waals surface area (Å²) < 4.78 is 0.983. The highest BCUT2D eigenvalue weighted by Crippen LogP contribution is 2.48. The molecule has 1 fully saturated rings. The summed E-state index contributed by atoms with van der Waals surface area (Å²) in [5.74, 6) is 2.15. The van der Waals surface area contributed by atoms with Crippen LogP contribution in [0.25, 0.3) is 11.3 Å². The molecule has 25 heavy (non-hydrogen) atoms. The first kappa shape index (κ1) is 18.5. The molecular weight excluding hydrogens is 398 g/mol. The van der Waals surface area contributed by atoms with Crippen LogP contribution in [0, 0.1) is 5.92 Å². The van der Waals surface area contributed by atoms with Gasteiger partial charge < -0.3 is 9.88 Å². The van der Waals surface area contributed by atoms with E-state index in [1.165, 1.54) is 0 Å². The van der Waals surface area contributed by atoms with Crippen molar-refractivity contribution in [3.8, 4) is 11.3 Å². The van der Waals surface area contributed by atoms with E-state index in [1.54, 1.807) is 0 Å². The van der Waals surface area contributed by atoms with E-state index < -0.39 is 0 Å². The lowest BCUT2D eigenvalue weighted by Gasteiger charge is -2.30. The highest BCUT2D eigenvalue weighted by Gasteiger charge is 2.45. The van der Waals surface area contributed by atoms with Crippen molar-refractivity contribution >= 4 is 33.6 Å². The normalized spacial score (nSPS) is 19.6. The Labute approximate surface area is 161 Å². The topological polar surface area (TPSA) is 49.0 Å². The zero-order chi connectivity index (χ0) is 18.2. The van der Waals surface area contributed by atoms with Crippen LogP contribution < -0.4 is 0 Å². The van der Waals surface area contributed by atoms with Gasteiger partial charge in [0.05, 0.1) is 17.8 Å². The maximum atomic E-state index is 12.7. The van der Waals surface area contributed by atoms with Gasteiger partial charge in [0.1, 0.15) is 11.9 Å². The molecule has 4 nitrogen and oxygen atoms in total. The van der Waals surface area contributed by atoms with E-state index in [-0.39, 0.29) is 16.7 Å². The molecule has 1 aliphatic rings. The number of hydrogen-bond donors (Lipinski definition) is 1. The van der Waals surface area contributed by atoms with Gasteiger partial charge in [0.2, 0.25) is 5.91 Å². The predicted octanol–water partition coefficient (Wildman–Crippen LogP) is 5.24. The van der Waals surface area contributed by atoms with Crippen molar-refractivity contribution in [2.45, 2.75) is 44.9 Å². The molecule has 0 radical (unpaired) electrons. The third-order valence-electron chi connectivity index (χ3n) is 4.46. The number of halogens is 1. The lowest BCUT2D eigenvalue weighted by atomic mass is 10.00. The first-order valence-electron chi connectivity index (χ1n) is 8.52. The summed E-state index contributed by atoms with van der Waals surface area (Å²) in [6.45, 7) is 8.54. The van der Waals surface area contributed by atoms with E-state index in [9.17, 15) is 4.79 Å². The molecule has 0 aliphatic carbocycles. The van der Waals surface area contributed by atoms with Gasteiger partial charge in [-0.15, -0.1) is 11.8 Å². The molecule has 1 N–H and O–H groups in total. The number of thioether (sulfide) groups is 1. The average molecular weight is 422 g/mol. The minimum absolute atomic E-state index is 0.0343. The highest BCUT2D eigenvalue weighted by molar-refractivity contribution is 9.10. The van der Waals surface area contributed by atoms with Gasteiger partial charge in [0.25, 0.3) is 0 Å². The minimum atomic E-state index is -0.0680. The molecule has 0 saturated carbocycles. The number of carbonyl (C=O) groups excluding carboxylic acids is 1. The van der Waals surface area contributed by atoms with Crippen LogP contribution >= 0.6 is 27.7 Å². The molecule has 1 amide bonds. The summed E-state index contributed by atoms with van der Waals surface area (Å²) in [7, 11) is 0. The van der Waals surface area contributed by atoms with Gasteiger partial charge in [-0.05, 0) is 37.5 Å². The molecule has 1 aliphatic heterocycles.